The molecule has 1 amide bonds. The number of hydrogen-bond donors (Lipinski definition) is 1. The van der Waals surface area contributed by atoms with Crippen LogP contribution in [-0.2, 0) is 11.3 Å². The van der Waals surface area contributed by atoms with Gasteiger partial charge in [-0.05, 0) is 44.2 Å². The number of hydrogen-bond acceptors (Lipinski definition) is 8. The molecule has 0 aliphatic carbocycles. The zero-order chi connectivity index (χ0) is 23.6. The molecule has 1 heterocycles. The minimum absolute atomic E-state index is 0.147. The lowest BCUT2D eigenvalue weighted by atomic mass is 10.2. The fourth-order valence-corrected chi connectivity index (χ4v) is 3.87. The molecule has 0 bridgehead atoms. The Morgan fingerprint density at radius 3 is 2.61 bits per heavy atom. The fraction of sp³-hybridized carbons (Fsp3) is 0.304. The third kappa shape index (κ3) is 6.04. The third-order valence-corrected chi connectivity index (χ3v) is 5.59. The number of carbonyl (C=O) groups is 1. The second kappa shape index (κ2) is 11.9. The van der Waals surface area contributed by atoms with Gasteiger partial charge in [-0.15, -0.1) is 10.2 Å². The summed E-state index contributed by atoms with van der Waals surface area (Å²) >= 11 is 1.29. The number of nitrogens with zero attached hydrogens (tertiary/aromatic N) is 4. The first kappa shape index (κ1) is 24.1. The normalized spacial score (nSPS) is 10.9. The summed E-state index contributed by atoms with van der Waals surface area (Å²) in [5, 5.41) is 13.3. The Morgan fingerprint density at radius 1 is 1.09 bits per heavy atom. The molecule has 174 valence electrons. The van der Waals surface area contributed by atoms with Crippen molar-refractivity contribution in [1.29, 1.82) is 0 Å². The highest BCUT2D eigenvalue weighted by molar-refractivity contribution is 7.99. The SMILES string of the molecule is CCOc1ccccc1/C=N\NC(=O)CSc1nnc(-c2ccc(OC)c(OC)c2)n1CC. The van der Waals surface area contributed by atoms with Crippen LogP contribution < -0.4 is 19.6 Å². The van der Waals surface area contributed by atoms with E-state index in [1.807, 2.05) is 60.9 Å². The van der Waals surface area contributed by atoms with E-state index in [-0.39, 0.29) is 11.7 Å². The van der Waals surface area contributed by atoms with Crippen molar-refractivity contribution in [1.82, 2.24) is 20.2 Å². The van der Waals surface area contributed by atoms with E-state index < -0.39 is 0 Å². The molecule has 0 unspecified atom stereocenters. The molecule has 0 atom stereocenters. The van der Waals surface area contributed by atoms with Crippen molar-refractivity contribution in [3.8, 4) is 28.6 Å². The maximum atomic E-state index is 12.3. The molecule has 3 rings (SSSR count). The monoisotopic (exact) mass is 469 g/mol. The maximum Gasteiger partial charge on any atom is 0.250 e. The Kier molecular flexibility index (Phi) is 8.71. The first-order valence-corrected chi connectivity index (χ1v) is 11.4. The van der Waals surface area contributed by atoms with Crippen molar-refractivity contribution in [3.63, 3.8) is 0 Å². The van der Waals surface area contributed by atoms with Crippen molar-refractivity contribution >= 4 is 23.9 Å². The minimum atomic E-state index is -0.247. The Labute approximate surface area is 197 Å². The molecule has 0 aliphatic rings. The van der Waals surface area contributed by atoms with E-state index in [0.717, 1.165) is 11.1 Å². The molecular formula is C23H27N5O4S. The van der Waals surface area contributed by atoms with E-state index >= 15 is 0 Å². The summed E-state index contributed by atoms with van der Waals surface area (Å²) in [6.45, 7) is 5.11. The summed E-state index contributed by atoms with van der Waals surface area (Å²) in [6, 6.07) is 13.1. The topological polar surface area (TPSA) is 99.9 Å². The van der Waals surface area contributed by atoms with Crippen molar-refractivity contribution in [2.24, 2.45) is 5.10 Å². The van der Waals surface area contributed by atoms with Crippen LogP contribution >= 0.6 is 11.8 Å². The number of carbonyl (C=O) groups excluding carboxylic acids is 1. The molecule has 0 saturated heterocycles. The van der Waals surface area contributed by atoms with Crippen LogP contribution in [0.1, 0.15) is 19.4 Å². The van der Waals surface area contributed by atoms with Crippen molar-refractivity contribution in [2.75, 3.05) is 26.6 Å². The second-order valence-corrected chi connectivity index (χ2v) is 7.62. The van der Waals surface area contributed by atoms with E-state index in [4.69, 9.17) is 14.2 Å². The van der Waals surface area contributed by atoms with Crippen molar-refractivity contribution < 1.29 is 19.0 Å². The van der Waals surface area contributed by atoms with Crippen LogP contribution in [0.4, 0.5) is 0 Å². The Hall–Kier alpha value is -3.53. The highest BCUT2D eigenvalue weighted by atomic mass is 32.2. The molecule has 0 spiro atoms. The van der Waals surface area contributed by atoms with Crippen LogP contribution in [0, 0.1) is 0 Å². The van der Waals surface area contributed by atoms with Gasteiger partial charge in [-0.1, -0.05) is 23.9 Å². The zero-order valence-electron chi connectivity index (χ0n) is 19.1. The molecule has 10 heteroatoms. The van der Waals surface area contributed by atoms with Crippen LogP contribution in [0.3, 0.4) is 0 Å². The van der Waals surface area contributed by atoms with E-state index in [9.17, 15) is 4.79 Å². The van der Waals surface area contributed by atoms with Gasteiger partial charge >= 0.3 is 0 Å². The average molecular weight is 470 g/mol. The van der Waals surface area contributed by atoms with Crippen molar-refractivity contribution in [2.45, 2.75) is 25.5 Å². The lowest BCUT2D eigenvalue weighted by molar-refractivity contribution is -0.118. The number of ether oxygens (including phenoxy) is 3. The molecule has 0 fully saturated rings. The van der Waals surface area contributed by atoms with Gasteiger partial charge in [0.05, 0.1) is 32.8 Å². The minimum Gasteiger partial charge on any atom is -0.493 e. The van der Waals surface area contributed by atoms with Gasteiger partial charge in [-0.2, -0.15) is 5.10 Å². The first-order chi connectivity index (χ1) is 16.1. The quantitative estimate of drug-likeness (QED) is 0.260. The summed E-state index contributed by atoms with van der Waals surface area (Å²) in [5.74, 6) is 2.55. The molecule has 1 N–H and O–H groups in total. The molecule has 33 heavy (non-hydrogen) atoms. The van der Waals surface area contributed by atoms with Gasteiger partial charge in [0.1, 0.15) is 5.75 Å². The predicted molar refractivity (Wildman–Crippen MR) is 128 cm³/mol. The van der Waals surface area contributed by atoms with E-state index in [1.165, 1.54) is 11.8 Å². The first-order valence-electron chi connectivity index (χ1n) is 10.4. The molecule has 0 saturated carbocycles. The number of methoxy groups -OCH3 is 2. The largest absolute Gasteiger partial charge is 0.493 e. The Bertz CT molecular complexity index is 1120. The smallest absolute Gasteiger partial charge is 0.250 e. The van der Waals surface area contributed by atoms with Crippen LogP contribution in [0.2, 0.25) is 0 Å². The van der Waals surface area contributed by atoms with Crippen LogP contribution in [-0.4, -0.2) is 53.5 Å². The van der Waals surface area contributed by atoms with E-state index in [1.54, 1.807) is 20.4 Å². The fourth-order valence-electron chi connectivity index (χ4n) is 3.08. The Balaban J connectivity index is 1.64. The zero-order valence-corrected chi connectivity index (χ0v) is 19.9. The predicted octanol–water partition coefficient (Wildman–Crippen LogP) is 3.62. The summed E-state index contributed by atoms with van der Waals surface area (Å²) < 4.78 is 18.2. The van der Waals surface area contributed by atoms with Gasteiger partial charge in [-0.3, -0.25) is 4.79 Å². The summed E-state index contributed by atoms with van der Waals surface area (Å²) in [4.78, 5) is 12.3. The molecule has 0 radical (unpaired) electrons. The van der Waals surface area contributed by atoms with Gasteiger partial charge in [0, 0.05) is 17.7 Å². The number of thioether (sulfide) groups is 1. The molecular weight excluding hydrogens is 442 g/mol. The molecule has 2 aromatic carbocycles. The molecule has 0 aliphatic heterocycles. The summed E-state index contributed by atoms with van der Waals surface area (Å²) in [6.07, 6.45) is 1.57. The lowest BCUT2D eigenvalue weighted by Gasteiger charge is -2.10. The highest BCUT2D eigenvalue weighted by Gasteiger charge is 2.16. The standard InChI is InChI=1S/C23H27N5O4S/c1-5-28-22(16-11-12-19(30-3)20(13-16)31-4)26-27-23(28)33-15-21(29)25-24-14-17-9-7-8-10-18(17)32-6-2/h7-14H,5-6,15H2,1-4H3,(H,25,29)/b24-14-. The molecule has 3 aromatic rings. The number of nitrogens with one attached hydrogen (secondary N) is 1. The summed E-state index contributed by atoms with van der Waals surface area (Å²) in [7, 11) is 3.18. The number of benzene rings is 2. The van der Waals surface area contributed by atoms with Gasteiger partial charge in [0.2, 0.25) is 0 Å². The van der Waals surface area contributed by atoms with Gasteiger partial charge in [0.25, 0.3) is 5.91 Å². The maximum absolute atomic E-state index is 12.3. The molecule has 9 nitrogen and oxygen atoms in total. The van der Waals surface area contributed by atoms with Gasteiger partial charge < -0.3 is 18.8 Å². The number of aromatic nitrogens is 3. The van der Waals surface area contributed by atoms with Crippen LogP contribution in [0.25, 0.3) is 11.4 Å². The van der Waals surface area contributed by atoms with Gasteiger partial charge in [0.15, 0.2) is 22.5 Å². The van der Waals surface area contributed by atoms with E-state index in [2.05, 4.69) is 20.7 Å². The number of para-hydroxylation sites is 1. The number of hydrazone groups is 1. The van der Waals surface area contributed by atoms with Crippen molar-refractivity contribution in [3.05, 3.63) is 48.0 Å². The van der Waals surface area contributed by atoms with E-state index in [0.29, 0.717) is 41.4 Å². The lowest BCUT2D eigenvalue weighted by Crippen LogP contribution is -2.20. The highest BCUT2D eigenvalue weighted by Crippen LogP contribution is 2.32. The molecule has 1 aromatic heterocycles. The van der Waals surface area contributed by atoms with Crippen LogP contribution in [0.5, 0.6) is 17.2 Å². The number of amides is 1. The summed E-state index contributed by atoms with van der Waals surface area (Å²) in [5.41, 5.74) is 4.17. The second-order valence-electron chi connectivity index (χ2n) is 6.67. The Morgan fingerprint density at radius 2 is 1.88 bits per heavy atom. The third-order valence-electron chi connectivity index (χ3n) is 4.62. The van der Waals surface area contributed by atoms with Gasteiger partial charge in [-0.25, -0.2) is 5.43 Å². The van der Waals surface area contributed by atoms with Crippen LogP contribution in [0.15, 0.2) is 52.7 Å². The average Bonchev–Trinajstić information content (AvgIpc) is 3.26. The number of rotatable bonds is 11.